The Labute approximate surface area is 144 Å². The molecule has 1 saturated heterocycles. The van der Waals surface area contributed by atoms with Gasteiger partial charge in [-0.05, 0) is 41.8 Å². The number of nitrogens with one attached hydrogen (secondary N) is 1. The van der Waals surface area contributed by atoms with Crippen LogP contribution in [0, 0.1) is 11.8 Å². The molecular formula is C20H17F4N. The van der Waals surface area contributed by atoms with Crippen molar-refractivity contribution >= 4 is 0 Å². The molecule has 5 heteroatoms. The minimum atomic E-state index is -4.18. The van der Waals surface area contributed by atoms with Gasteiger partial charge in [-0.15, -0.1) is 0 Å². The van der Waals surface area contributed by atoms with Gasteiger partial charge in [0.25, 0.3) is 0 Å². The first-order valence-electron chi connectivity index (χ1n) is 8.05. The van der Waals surface area contributed by atoms with E-state index in [1.165, 1.54) is 5.56 Å². The second kappa shape index (κ2) is 6.53. The van der Waals surface area contributed by atoms with E-state index in [0.29, 0.717) is 11.1 Å². The van der Waals surface area contributed by atoms with Gasteiger partial charge in [0.2, 0.25) is 0 Å². The first-order valence-corrected chi connectivity index (χ1v) is 8.05. The molecule has 2 aromatic rings. The standard InChI is InChI=1S/C20H17F4N/c1-2-14-3-5-15(6-4-14)7-8-16-9-11-17(12-10-16)18-13-19(21,22)20(23,24)25-18/h3-6,9-12,18,25H,2,13H2,1H3. The normalized spacial score (nSPS) is 20.8. The summed E-state index contributed by atoms with van der Waals surface area (Å²) in [5, 5.41) is 1.71. The summed E-state index contributed by atoms with van der Waals surface area (Å²) in [5.74, 6) is 1.96. The second-order valence-corrected chi connectivity index (χ2v) is 6.10. The van der Waals surface area contributed by atoms with Crippen LogP contribution in [0.15, 0.2) is 48.5 Å². The van der Waals surface area contributed by atoms with Crippen molar-refractivity contribution in [2.24, 2.45) is 0 Å². The van der Waals surface area contributed by atoms with Crippen molar-refractivity contribution in [3.8, 4) is 11.8 Å². The monoisotopic (exact) mass is 347 g/mol. The Bertz CT molecular complexity index is 782. The number of rotatable bonds is 2. The quantitative estimate of drug-likeness (QED) is 0.462. The van der Waals surface area contributed by atoms with Gasteiger partial charge in [-0.3, -0.25) is 0 Å². The van der Waals surface area contributed by atoms with E-state index in [1.54, 1.807) is 29.6 Å². The van der Waals surface area contributed by atoms with Crippen LogP contribution < -0.4 is 5.32 Å². The molecule has 0 aliphatic carbocycles. The van der Waals surface area contributed by atoms with E-state index < -0.39 is 24.4 Å². The summed E-state index contributed by atoms with van der Waals surface area (Å²) in [7, 11) is 0. The van der Waals surface area contributed by atoms with Crippen LogP contribution in [0.2, 0.25) is 0 Å². The molecule has 0 bridgehead atoms. The summed E-state index contributed by atoms with van der Waals surface area (Å²) in [4.78, 5) is 0. The number of aryl methyl sites for hydroxylation is 1. The van der Waals surface area contributed by atoms with Gasteiger partial charge in [0.05, 0.1) is 0 Å². The van der Waals surface area contributed by atoms with Gasteiger partial charge < -0.3 is 0 Å². The Morgan fingerprint density at radius 1 is 0.920 bits per heavy atom. The number of halogens is 4. The van der Waals surface area contributed by atoms with Crippen LogP contribution in [0.3, 0.4) is 0 Å². The third kappa shape index (κ3) is 3.69. The molecule has 1 heterocycles. The Morgan fingerprint density at radius 3 is 1.88 bits per heavy atom. The summed E-state index contributed by atoms with van der Waals surface area (Å²) >= 11 is 0. The Hall–Kier alpha value is -2.32. The molecule has 1 unspecified atom stereocenters. The van der Waals surface area contributed by atoms with Gasteiger partial charge in [-0.25, -0.2) is 5.32 Å². The van der Waals surface area contributed by atoms with Gasteiger partial charge in [0.1, 0.15) is 0 Å². The SMILES string of the molecule is CCc1ccc(C#Cc2ccc(C3CC(F)(F)C(F)(F)N3)cc2)cc1. The average Bonchev–Trinajstić information content (AvgIpc) is 2.82. The van der Waals surface area contributed by atoms with Gasteiger partial charge >= 0.3 is 12.0 Å². The Morgan fingerprint density at radius 2 is 1.44 bits per heavy atom. The molecule has 1 fully saturated rings. The van der Waals surface area contributed by atoms with Crippen LogP contribution in [0.25, 0.3) is 0 Å². The molecule has 0 saturated carbocycles. The predicted octanol–water partition coefficient (Wildman–Crippen LogP) is 4.91. The largest absolute Gasteiger partial charge is 0.365 e. The maximum Gasteiger partial charge on any atom is 0.365 e. The van der Waals surface area contributed by atoms with E-state index in [2.05, 4.69) is 18.8 Å². The van der Waals surface area contributed by atoms with Crippen molar-refractivity contribution in [3.05, 3.63) is 70.8 Å². The first kappa shape index (κ1) is 17.5. The topological polar surface area (TPSA) is 12.0 Å². The van der Waals surface area contributed by atoms with E-state index in [-0.39, 0.29) is 0 Å². The minimum Gasteiger partial charge on any atom is -0.246 e. The lowest BCUT2D eigenvalue weighted by Gasteiger charge is -2.16. The lowest BCUT2D eigenvalue weighted by molar-refractivity contribution is -0.197. The molecule has 3 rings (SSSR count). The number of hydrogen-bond donors (Lipinski definition) is 1. The second-order valence-electron chi connectivity index (χ2n) is 6.10. The number of benzene rings is 2. The maximum absolute atomic E-state index is 13.3. The van der Waals surface area contributed by atoms with Crippen molar-refractivity contribution in [1.82, 2.24) is 5.32 Å². The molecule has 1 N–H and O–H groups in total. The van der Waals surface area contributed by atoms with Gasteiger partial charge in [0.15, 0.2) is 0 Å². The van der Waals surface area contributed by atoms with Crippen molar-refractivity contribution in [3.63, 3.8) is 0 Å². The Kier molecular flexibility index (Phi) is 4.57. The third-order valence-electron chi connectivity index (χ3n) is 4.30. The highest BCUT2D eigenvalue weighted by Crippen LogP contribution is 2.46. The summed E-state index contributed by atoms with van der Waals surface area (Å²) in [6.45, 7) is 2.08. The molecule has 1 aliphatic rings. The molecule has 1 aliphatic heterocycles. The van der Waals surface area contributed by atoms with Crippen molar-refractivity contribution in [2.45, 2.75) is 37.8 Å². The lowest BCUT2D eigenvalue weighted by atomic mass is 10.0. The predicted molar refractivity (Wildman–Crippen MR) is 88.6 cm³/mol. The zero-order chi connectivity index (χ0) is 18.1. The van der Waals surface area contributed by atoms with E-state index in [0.717, 1.165) is 12.0 Å². The van der Waals surface area contributed by atoms with Crippen LogP contribution in [-0.4, -0.2) is 12.0 Å². The molecule has 1 nitrogen and oxygen atoms in total. The zero-order valence-electron chi connectivity index (χ0n) is 13.6. The molecular weight excluding hydrogens is 330 g/mol. The molecule has 0 radical (unpaired) electrons. The molecule has 130 valence electrons. The lowest BCUT2D eigenvalue weighted by Crippen LogP contribution is -2.43. The van der Waals surface area contributed by atoms with E-state index >= 15 is 0 Å². The van der Waals surface area contributed by atoms with Gasteiger partial charge in [-0.2, -0.15) is 17.6 Å². The minimum absolute atomic E-state index is 0.398. The molecule has 0 amide bonds. The fourth-order valence-corrected chi connectivity index (χ4v) is 2.73. The molecule has 1 atom stereocenters. The van der Waals surface area contributed by atoms with E-state index in [4.69, 9.17) is 0 Å². The van der Waals surface area contributed by atoms with Crippen molar-refractivity contribution < 1.29 is 17.6 Å². The Balaban J connectivity index is 1.72. The van der Waals surface area contributed by atoms with Crippen LogP contribution in [0.1, 0.15) is 41.6 Å². The fourth-order valence-electron chi connectivity index (χ4n) is 2.73. The van der Waals surface area contributed by atoms with Gasteiger partial charge in [0, 0.05) is 23.6 Å². The van der Waals surface area contributed by atoms with Crippen LogP contribution in [-0.2, 0) is 6.42 Å². The van der Waals surface area contributed by atoms with Crippen LogP contribution in [0.4, 0.5) is 17.6 Å². The molecule has 0 aromatic heterocycles. The summed E-state index contributed by atoms with van der Waals surface area (Å²) in [6.07, 6.45) is 0.0390. The van der Waals surface area contributed by atoms with Gasteiger partial charge in [-0.1, -0.05) is 43.0 Å². The van der Waals surface area contributed by atoms with E-state index in [1.807, 2.05) is 24.3 Å². The molecule has 0 spiro atoms. The number of hydrogen-bond acceptors (Lipinski definition) is 1. The van der Waals surface area contributed by atoms with Crippen molar-refractivity contribution in [1.29, 1.82) is 0 Å². The van der Waals surface area contributed by atoms with Crippen LogP contribution >= 0.6 is 0 Å². The summed E-state index contributed by atoms with van der Waals surface area (Å²) < 4.78 is 53.0. The maximum atomic E-state index is 13.3. The van der Waals surface area contributed by atoms with E-state index in [9.17, 15) is 17.6 Å². The smallest absolute Gasteiger partial charge is 0.246 e. The summed E-state index contributed by atoms with van der Waals surface area (Å²) in [6, 6.07) is 9.06. The van der Waals surface area contributed by atoms with Crippen LogP contribution in [0.5, 0.6) is 0 Å². The highest BCUT2D eigenvalue weighted by atomic mass is 19.3. The molecule has 2 aromatic carbocycles. The first-order chi connectivity index (χ1) is 11.8. The fraction of sp³-hybridized carbons (Fsp3) is 0.300. The average molecular weight is 347 g/mol. The summed E-state index contributed by atoms with van der Waals surface area (Å²) in [5.41, 5.74) is 3.19. The number of alkyl halides is 4. The molecule has 25 heavy (non-hydrogen) atoms. The highest BCUT2D eigenvalue weighted by Gasteiger charge is 2.63. The van der Waals surface area contributed by atoms with Crippen molar-refractivity contribution in [2.75, 3.05) is 0 Å². The zero-order valence-corrected chi connectivity index (χ0v) is 13.6. The third-order valence-corrected chi connectivity index (χ3v) is 4.30. The highest BCUT2D eigenvalue weighted by molar-refractivity contribution is 5.44.